The zero-order chi connectivity index (χ0) is 10.1. The van der Waals surface area contributed by atoms with Crippen LogP contribution in [0, 0.1) is 17.1 Å². The second-order valence-corrected chi connectivity index (χ2v) is 3.97. The van der Waals surface area contributed by atoms with Gasteiger partial charge in [0.1, 0.15) is 5.82 Å². The Bertz CT molecular complexity index is 408. The molecule has 2 rings (SSSR count). The van der Waals surface area contributed by atoms with Crippen LogP contribution in [0.15, 0.2) is 12.1 Å². The van der Waals surface area contributed by atoms with Crippen molar-refractivity contribution < 1.29 is 4.39 Å². The predicted octanol–water partition coefficient (Wildman–Crippen LogP) is 3.42. The van der Waals surface area contributed by atoms with Crippen LogP contribution in [-0.2, 0) is 6.42 Å². The van der Waals surface area contributed by atoms with Crippen LogP contribution in [-0.4, -0.2) is 0 Å². The molecule has 0 amide bonds. The van der Waals surface area contributed by atoms with Crippen molar-refractivity contribution in [3.8, 4) is 6.07 Å². The highest BCUT2D eigenvalue weighted by molar-refractivity contribution is 6.30. The number of rotatable bonds is 0. The molecular formula is C11H9ClFN. The minimum Gasteiger partial charge on any atom is -0.207 e. The largest absolute Gasteiger partial charge is 0.207 e. The topological polar surface area (TPSA) is 23.8 Å². The summed E-state index contributed by atoms with van der Waals surface area (Å²) in [5.74, 6) is -0.459. The zero-order valence-electron chi connectivity index (χ0n) is 7.56. The molecule has 1 aromatic rings. The molecule has 0 N–H and O–H groups in total. The summed E-state index contributed by atoms with van der Waals surface area (Å²) >= 11 is 5.75. The average molecular weight is 210 g/mol. The Morgan fingerprint density at radius 1 is 1.50 bits per heavy atom. The van der Waals surface area contributed by atoms with Gasteiger partial charge in [0, 0.05) is 5.02 Å². The number of hydrogen-bond acceptors (Lipinski definition) is 1. The van der Waals surface area contributed by atoms with E-state index in [4.69, 9.17) is 16.9 Å². The Labute approximate surface area is 87.1 Å². The molecule has 0 saturated carbocycles. The number of halogens is 2. The molecular weight excluding hydrogens is 201 g/mol. The minimum atomic E-state index is -0.271. The van der Waals surface area contributed by atoms with Gasteiger partial charge in [-0.05, 0) is 42.5 Å². The third kappa shape index (κ3) is 1.49. The Hall–Kier alpha value is -1.07. The fraction of sp³-hybridized carbons (Fsp3) is 0.364. The van der Waals surface area contributed by atoms with Crippen LogP contribution in [0.1, 0.15) is 29.9 Å². The van der Waals surface area contributed by atoms with E-state index in [0.717, 1.165) is 24.8 Å². The molecule has 0 bridgehead atoms. The normalized spacial score (nSPS) is 19.9. The Balaban J connectivity index is 2.58. The van der Waals surface area contributed by atoms with Crippen molar-refractivity contribution in [1.82, 2.24) is 0 Å². The van der Waals surface area contributed by atoms with Gasteiger partial charge in [-0.15, -0.1) is 0 Å². The van der Waals surface area contributed by atoms with Gasteiger partial charge in [-0.2, -0.15) is 5.26 Å². The fourth-order valence-electron chi connectivity index (χ4n) is 1.97. The molecule has 1 unspecified atom stereocenters. The maximum absolute atomic E-state index is 13.4. The summed E-state index contributed by atoms with van der Waals surface area (Å²) in [6.45, 7) is 0. The fourth-order valence-corrected chi connectivity index (χ4v) is 2.18. The maximum Gasteiger partial charge on any atom is 0.128 e. The molecule has 0 spiro atoms. The van der Waals surface area contributed by atoms with Crippen molar-refractivity contribution in [2.75, 3.05) is 0 Å². The SMILES string of the molecule is N#CC1CCCc2c(F)cc(Cl)cc21. The van der Waals surface area contributed by atoms with E-state index in [2.05, 4.69) is 6.07 Å². The van der Waals surface area contributed by atoms with Gasteiger partial charge >= 0.3 is 0 Å². The molecule has 0 fully saturated rings. The molecule has 14 heavy (non-hydrogen) atoms. The Morgan fingerprint density at radius 3 is 3.00 bits per heavy atom. The molecule has 0 aliphatic heterocycles. The summed E-state index contributed by atoms with van der Waals surface area (Å²) in [5.41, 5.74) is 1.45. The van der Waals surface area contributed by atoms with Gasteiger partial charge in [-0.25, -0.2) is 4.39 Å². The molecule has 1 aromatic carbocycles. The van der Waals surface area contributed by atoms with Crippen LogP contribution in [0.3, 0.4) is 0 Å². The molecule has 72 valence electrons. The smallest absolute Gasteiger partial charge is 0.128 e. The quantitative estimate of drug-likeness (QED) is 0.642. The lowest BCUT2D eigenvalue weighted by atomic mass is 9.83. The van der Waals surface area contributed by atoms with Crippen LogP contribution in [0.2, 0.25) is 5.02 Å². The van der Waals surface area contributed by atoms with Crippen LogP contribution < -0.4 is 0 Å². The van der Waals surface area contributed by atoms with E-state index in [0.29, 0.717) is 10.6 Å². The highest BCUT2D eigenvalue weighted by atomic mass is 35.5. The molecule has 0 radical (unpaired) electrons. The van der Waals surface area contributed by atoms with E-state index in [9.17, 15) is 4.39 Å². The second kappa shape index (κ2) is 3.59. The van der Waals surface area contributed by atoms with Crippen molar-refractivity contribution in [3.63, 3.8) is 0 Å². The van der Waals surface area contributed by atoms with Crippen molar-refractivity contribution in [1.29, 1.82) is 5.26 Å². The molecule has 0 heterocycles. The summed E-state index contributed by atoms with van der Waals surface area (Å²) in [6.07, 6.45) is 2.41. The number of nitriles is 1. The van der Waals surface area contributed by atoms with Crippen molar-refractivity contribution >= 4 is 11.6 Å². The third-order valence-corrected chi connectivity index (χ3v) is 2.86. The van der Waals surface area contributed by atoms with E-state index in [1.807, 2.05) is 0 Å². The van der Waals surface area contributed by atoms with Crippen molar-refractivity contribution in [2.24, 2.45) is 0 Å². The monoisotopic (exact) mass is 209 g/mol. The molecule has 1 atom stereocenters. The van der Waals surface area contributed by atoms with Crippen molar-refractivity contribution in [2.45, 2.75) is 25.2 Å². The number of fused-ring (bicyclic) bond motifs is 1. The van der Waals surface area contributed by atoms with Gasteiger partial charge in [-0.3, -0.25) is 0 Å². The molecule has 1 nitrogen and oxygen atoms in total. The van der Waals surface area contributed by atoms with E-state index in [-0.39, 0.29) is 11.7 Å². The molecule has 0 saturated heterocycles. The first-order valence-corrected chi connectivity index (χ1v) is 4.97. The lowest BCUT2D eigenvalue weighted by Crippen LogP contribution is -2.10. The van der Waals surface area contributed by atoms with Gasteiger partial charge in [0.25, 0.3) is 0 Å². The van der Waals surface area contributed by atoms with Gasteiger partial charge in [0.15, 0.2) is 0 Å². The highest BCUT2D eigenvalue weighted by Gasteiger charge is 2.22. The van der Waals surface area contributed by atoms with E-state index >= 15 is 0 Å². The molecule has 0 aromatic heterocycles. The standard InChI is InChI=1S/C11H9ClFN/c12-8-4-10-7(6-14)2-1-3-9(10)11(13)5-8/h4-5,7H,1-3H2. The van der Waals surface area contributed by atoms with Gasteiger partial charge in [0.2, 0.25) is 0 Å². The van der Waals surface area contributed by atoms with Crippen LogP contribution in [0.4, 0.5) is 4.39 Å². The summed E-state index contributed by atoms with van der Waals surface area (Å²) in [5, 5.41) is 9.28. The highest BCUT2D eigenvalue weighted by Crippen LogP contribution is 2.34. The Kier molecular flexibility index (Phi) is 2.43. The Morgan fingerprint density at radius 2 is 2.29 bits per heavy atom. The zero-order valence-corrected chi connectivity index (χ0v) is 8.31. The van der Waals surface area contributed by atoms with Gasteiger partial charge in [0.05, 0.1) is 12.0 Å². The van der Waals surface area contributed by atoms with Crippen LogP contribution in [0.25, 0.3) is 0 Å². The summed E-state index contributed by atoms with van der Waals surface area (Å²) in [7, 11) is 0. The third-order valence-electron chi connectivity index (χ3n) is 2.65. The predicted molar refractivity (Wildman–Crippen MR) is 52.7 cm³/mol. The van der Waals surface area contributed by atoms with E-state index in [1.54, 1.807) is 6.07 Å². The lowest BCUT2D eigenvalue weighted by Gasteiger charge is -2.20. The first kappa shape index (κ1) is 9.48. The molecule has 1 aliphatic rings. The second-order valence-electron chi connectivity index (χ2n) is 3.53. The molecule has 3 heteroatoms. The summed E-state index contributed by atoms with van der Waals surface area (Å²) < 4.78 is 13.4. The van der Waals surface area contributed by atoms with Crippen LogP contribution >= 0.6 is 11.6 Å². The lowest BCUT2D eigenvalue weighted by molar-refractivity contribution is 0.564. The first-order valence-electron chi connectivity index (χ1n) is 4.60. The minimum absolute atomic E-state index is 0.188. The van der Waals surface area contributed by atoms with E-state index < -0.39 is 0 Å². The number of benzene rings is 1. The van der Waals surface area contributed by atoms with Crippen LogP contribution in [0.5, 0.6) is 0 Å². The number of nitrogens with zero attached hydrogens (tertiary/aromatic N) is 1. The molecule has 1 aliphatic carbocycles. The maximum atomic E-state index is 13.4. The van der Waals surface area contributed by atoms with Crippen molar-refractivity contribution in [3.05, 3.63) is 34.1 Å². The summed E-state index contributed by atoms with van der Waals surface area (Å²) in [4.78, 5) is 0. The van der Waals surface area contributed by atoms with Gasteiger partial charge < -0.3 is 0 Å². The first-order chi connectivity index (χ1) is 6.72. The van der Waals surface area contributed by atoms with E-state index in [1.165, 1.54) is 6.07 Å². The number of hydrogen-bond donors (Lipinski definition) is 0. The average Bonchev–Trinajstić information content (AvgIpc) is 2.17. The van der Waals surface area contributed by atoms with Gasteiger partial charge in [-0.1, -0.05) is 11.6 Å². The summed E-state index contributed by atoms with van der Waals surface area (Å²) in [6, 6.07) is 5.22.